The number of aryl methyl sites for hydroxylation is 1. The Morgan fingerprint density at radius 2 is 1.95 bits per heavy atom. The smallest absolute Gasteiger partial charge is 0.322 e. The van der Waals surface area contributed by atoms with Crippen LogP contribution in [0.15, 0.2) is 18.2 Å². The zero-order chi connectivity index (χ0) is 14.0. The molecule has 0 atom stereocenters. The molecule has 1 aromatic heterocycles. The van der Waals surface area contributed by atoms with Crippen molar-refractivity contribution >= 4 is 5.95 Å². The third kappa shape index (κ3) is 3.15. The van der Waals surface area contributed by atoms with Crippen molar-refractivity contribution in [3.63, 3.8) is 0 Å². The summed E-state index contributed by atoms with van der Waals surface area (Å²) < 4.78 is 19.2. The molecular formula is C13H15FN4O. The van der Waals surface area contributed by atoms with E-state index in [1.54, 1.807) is 12.1 Å². The van der Waals surface area contributed by atoms with Gasteiger partial charge < -0.3 is 10.5 Å². The van der Waals surface area contributed by atoms with Crippen LogP contribution in [0, 0.1) is 12.7 Å². The Morgan fingerprint density at radius 3 is 2.63 bits per heavy atom. The van der Waals surface area contributed by atoms with Crippen LogP contribution in [0.2, 0.25) is 0 Å². The molecule has 1 heterocycles. The molecule has 0 aliphatic rings. The van der Waals surface area contributed by atoms with Gasteiger partial charge in [0.25, 0.3) is 0 Å². The molecule has 0 fully saturated rings. The lowest BCUT2D eigenvalue weighted by Gasteiger charge is -2.09. The Morgan fingerprint density at radius 1 is 1.21 bits per heavy atom. The second-order valence-electron chi connectivity index (χ2n) is 4.45. The molecule has 5 nitrogen and oxygen atoms in total. The monoisotopic (exact) mass is 262 g/mol. The Balaban J connectivity index is 2.49. The van der Waals surface area contributed by atoms with Crippen LogP contribution in [0.1, 0.15) is 19.4 Å². The van der Waals surface area contributed by atoms with Crippen molar-refractivity contribution in [3.8, 4) is 17.4 Å². The number of anilines is 1. The van der Waals surface area contributed by atoms with Gasteiger partial charge in [0.15, 0.2) is 5.82 Å². The summed E-state index contributed by atoms with van der Waals surface area (Å²) in [5.41, 5.74) is 6.78. The predicted octanol–water partition coefficient (Wildman–Crippen LogP) is 2.36. The van der Waals surface area contributed by atoms with E-state index in [0.29, 0.717) is 0 Å². The largest absolute Gasteiger partial charge is 0.461 e. The van der Waals surface area contributed by atoms with E-state index in [1.165, 1.54) is 6.07 Å². The van der Waals surface area contributed by atoms with Gasteiger partial charge in [0.05, 0.1) is 11.7 Å². The summed E-state index contributed by atoms with van der Waals surface area (Å²) in [6.45, 7) is 5.54. The molecule has 2 aromatic rings. The topological polar surface area (TPSA) is 73.9 Å². The van der Waals surface area contributed by atoms with Gasteiger partial charge in [0.1, 0.15) is 5.82 Å². The molecule has 0 aliphatic carbocycles. The molecule has 0 saturated heterocycles. The minimum absolute atomic E-state index is 0.00144. The fourth-order valence-corrected chi connectivity index (χ4v) is 1.57. The number of nitrogens with zero attached hydrogens (tertiary/aromatic N) is 3. The van der Waals surface area contributed by atoms with Crippen LogP contribution in [0.5, 0.6) is 6.01 Å². The van der Waals surface area contributed by atoms with Gasteiger partial charge >= 0.3 is 6.01 Å². The quantitative estimate of drug-likeness (QED) is 0.919. The van der Waals surface area contributed by atoms with Crippen LogP contribution >= 0.6 is 0 Å². The maximum absolute atomic E-state index is 13.8. The number of halogens is 1. The first kappa shape index (κ1) is 13.2. The van der Waals surface area contributed by atoms with Crippen molar-refractivity contribution in [3.05, 3.63) is 29.6 Å². The Labute approximate surface area is 110 Å². The maximum Gasteiger partial charge on any atom is 0.322 e. The van der Waals surface area contributed by atoms with Crippen molar-refractivity contribution in [2.45, 2.75) is 26.9 Å². The first-order chi connectivity index (χ1) is 8.95. The van der Waals surface area contributed by atoms with Crippen LogP contribution in [0.4, 0.5) is 10.3 Å². The number of hydrogen-bond acceptors (Lipinski definition) is 5. The van der Waals surface area contributed by atoms with E-state index >= 15 is 0 Å². The number of benzene rings is 1. The van der Waals surface area contributed by atoms with Crippen LogP contribution in [-0.2, 0) is 0 Å². The maximum atomic E-state index is 13.8. The van der Waals surface area contributed by atoms with E-state index in [9.17, 15) is 4.39 Å². The molecule has 2 rings (SSSR count). The van der Waals surface area contributed by atoms with Crippen molar-refractivity contribution in [1.82, 2.24) is 15.0 Å². The van der Waals surface area contributed by atoms with Gasteiger partial charge in [0, 0.05) is 0 Å². The van der Waals surface area contributed by atoms with E-state index in [4.69, 9.17) is 10.5 Å². The van der Waals surface area contributed by atoms with E-state index in [2.05, 4.69) is 15.0 Å². The molecule has 6 heteroatoms. The number of nitrogen functional groups attached to an aromatic ring is 1. The van der Waals surface area contributed by atoms with Crippen molar-refractivity contribution in [2.24, 2.45) is 0 Å². The molecule has 19 heavy (non-hydrogen) atoms. The standard InChI is InChI=1S/C13H15FN4O/c1-7(2)19-13-17-11(16-12(15)18-13)9-6-8(3)4-5-10(9)14/h4-7H,1-3H3,(H2,15,16,17,18). The highest BCUT2D eigenvalue weighted by atomic mass is 19.1. The summed E-state index contributed by atoms with van der Waals surface area (Å²) in [4.78, 5) is 11.9. The fraction of sp³-hybridized carbons (Fsp3) is 0.308. The molecule has 1 aromatic carbocycles. The molecular weight excluding hydrogens is 247 g/mol. The molecule has 100 valence electrons. The second-order valence-corrected chi connectivity index (χ2v) is 4.45. The van der Waals surface area contributed by atoms with E-state index in [-0.39, 0.29) is 29.5 Å². The van der Waals surface area contributed by atoms with Crippen molar-refractivity contribution < 1.29 is 9.13 Å². The molecule has 0 radical (unpaired) electrons. The zero-order valence-electron chi connectivity index (χ0n) is 11.0. The molecule has 0 unspecified atom stereocenters. The highest BCUT2D eigenvalue weighted by Gasteiger charge is 2.13. The number of ether oxygens (including phenoxy) is 1. The number of nitrogens with two attached hydrogens (primary N) is 1. The van der Waals surface area contributed by atoms with E-state index < -0.39 is 5.82 Å². The molecule has 0 saturated carbocycles. The van der Waals surface area contributed by atoms with Crippen LogP contribution in [-0.4, -0.2) is 21.1 Å². The summed E-state index contributed by atoms with van der Waals surface area (Å²) in [5.74, 6) is -0.238. The highest BCUT2D eigenvalue weighted by Crippen LogP contribution is 2.22. The van der Waals surface area contributed by atoms with Gasteiger partial charge in [-0.15, -0.1) is 0 Å². The molecule has 0 amide bonds. The fourth-order valence-electron chi connectivity index (χ4n) is 1.57. The van der Waals surface area contributed by atoms with Gasteiger partial charge in [-0.3, -0.25) is 0 Å². The van der Waals surface area contributed by atoms with Crippen molar-refractivity contribution in [1.29, 1.82) is 0 Å². The van der Waals surface area contributed by atoms with Gasteiger partial charge in [-0.05, 0) is 32.9 Å². The molecule has 0 spiro atoms. The van der Waals surface area contributed by atoms with Gasteiger partial charge in [-0.25, -0.2) is 4.39 Å². The summed E-state index contributed by atoms with van der Waals surface area (Å²) in [6.07, 6.45) is -0.1000. The molecule has 2 N–H and O–H groups in total. The lowest BCUT2D eigenvalue weighted by Crippen LogP contribution is -2.11. The summed E-state index contributed by atoms with van der Waals surface area (Å²) in [7, 11) is 0. The highest BCUT2D eigenvalue weighted by molar-refractivity contribution is 5.58. The van der Waals surface area contributed by atoms with Crippen molar-refractivity contribution in [2.75, 3.05) is 5.73 Å². The molecule has 0 aliphatic heterocycles. The van der Waals surface area contributed by atoms with E-state index in [0.717, 1.165) is 5.56 Å². The number of rotatable bonds is 3. The van der Waals surface area contributed by atoms with Gasteiger partial charge in [0.2, 0.25) is 5.95 Å². The minimum Gasteiger partial charge on any atom is -0.461 e. The first-order valence-electron chi connectivity index (χ1n) is 5.90. The lowest BCUT2D eigenvalue weighted by molar-refractivity contribution is 0.222. The van der Waals surface area contributed by atoms with Crippen LogP contribution < -0.4 is 10.5 Å². The first-order valence-corrected chi connectivity index (χ1v) is 5.90. The van der Waals surface area contributed by atoms with E-state index in [1.807, 2.05) is 20.8 Å². The summed E-state index contributed by atoms with van der Waals surface area (Å²) >= 11 is 0. The summed E-state index contributed by atoms with van der Waals surface area (Å²) in [5, 5.41) is 0. The normalized spacial score (nSPS) is 10.8. The second kappa shape index (κ2) is 5.17. The Hall–Kier alpha value is -2.24. The van der Waals surface area contributed by atoms with Crippen LogP contribution in [0.25, 0.3) is 11.4 Å². The number of hydrogen-bond donors (Lipinski definition) is 1. The Kier molecular flexibility index (Phi) is 3.59. The van der Waals surface area contributed by atoms with Crippen LogP contribution in [0.3, 0.4) is 0 Å². The zero-order valence-corrected chi connectivity index (χ0v) is 11.0. The minimum atomic E-state index is -0.410. The summed E-state index contributed by atoms with van der Waals surface area (Å²) in [6, 6.07) is 4.80. The third-order valence-electron chi connectivity index (χ3n) is 2.34. The SMILES string of the molecule is Cc1ccc(F)c(-c2nc(N)nc(OC(C)C)n2)c1. The van der Waals surface area contributed by atoms with Gasteiger partial charge in [-0.1, -0.05) is 11.6 Å². The number of aromatic nitrogens is 3. The average Bonchev–Trinajstić information content (AvgIpc) is 2.30. The predicted molar refractivity (Wildman–Crippen MR) is 70.1 cm³/mol. The van der Waals surface area contributed by atoms with Gasteiger partial charge in [-0.2, -0.15) is 15.0 Å². The molecule has 0 bridgehead atoms. The Bertz CT molecular complexity index is 601. The average molecular weight is 262 g/mol. The lowest BCUT2D eigenvalue weighted by atomic mass is 10.1. The third-order valence-corrected chi connectivity index (χ3v) is 2.34.